The number of carbonyl (C=O) groups excluding carboxylic acids is 1. The first kappa shape index (κ1) is 28.3. The number of alkyl halides is 3. The van der Waals surface area contributed by atoms with Crippen molar-refractivity contribution in [2.75, 3.05) is 20.2 Å². The fourth-order valence-electron chi connectivity index (χ4n) is 5.95. The average molecular weight is 533 g/mol. The van der Waals surface area contributed by atoms with E-state index in [0.29, 0.717) is 36.2 Å². The quantitative estimate of drug-likeness (QED) is 0.384. The van der Waals surface area contributed by atoms with E-state index in [1.165, 1.54) is 32.1 Å². The molecule has 3 unspecified atom stereocenters. The van der Waals surface area contributed by atoms with Gasteiger partial charge in [-0.2, -0.15) is 13.2 Å². The van der Waals surface area contributed by atoms with Crippen LogP contribution in [0.4, 0.5) is 18.0 Å². The molecule has 1 saturated heterocycles. The maximum Gasteiger partial charge on any atom is 0.416 e. The Bertz CT molecular complexity index is 1070. The maximum atomic E-state index is 13.9. The highest BCUT2D eigenvalue weighted by Crippen LogP contribution is 2.40. The minimum Gasteiger partial charge on any atom is -0.497 e. The van der Waals surface area contributed by atoms with E-state index in [9.17, 15) is 18.0 Å². The number of hydrogen-bond donors (Lipinski definition) is 1. The van der Waals surface area contributed by atoms with Gasteiger partial charge in [0, 0.05) is 5.54 Å². The summed E-state index contributed by atoms with van der Waals surface area (Å²) in [6.45, 7) is 7.29. The summed E-state index contributed by atoms with van der Waals surface area (Å²) in [5.74, 6) is 1.70. The maximum absolute atomic E-state index is 13.9. The first-order valence-corrected chi connectivity index (χ1v) is 13.6. The zero-order valence-electron chi connectivity index (χ0n) is 22.7. The van der Waals surface area contributed by atoms with Gasteiger partial charge in [-0.25, -0.2) is 4.79 Å². The third-order valence-electron chi connectivity index (χ3n) is 8.11. The summed E-state index contributed by atoms with van der Waals surface area (Å²) in [5, 5.41) is 3.33. The number of halogens is 3. The molecule has 1 aliphatic carbocycles. The third kappa shape index (κ3) is 6.45. The predicted octanol–water partition coefficient (Wildman–Crippen LogP) is 7.21. The number of rotatable bonds is 7. The molecule has 2 amide bonds. The van der Waals surface area contributed by atoms with Crippen LogP contribution in [0.3, 0.4) is 0 Å². The van der Waals surface area contributed by atoms with Gasteiger partial charge < -0.3 is 19.7 Å². The molecule has 2 aromatic carbocycles. The summed E-state index contributed by atoms with van der Waals surface area (Å²) in [7, 11) is 1.54. The Morgan fingerprint density at radius 3 is 2.21 bits per heavy atom. The molecule has 5 nitrogen and oxygen atoms in total. The number of nitrogens with zero attached hydrogens (tertiary/aromatic N) is 1. The Labute approximate surface area is 223 Å². The second kappa shape index (κ2) is 11.6. The second-order valence-electron chi connectivity index (χ2n) is 11.2. The molecule has 1 aliphatic heterocycles. The lowest BCUT2D eigenvalue weighted by Gasteiger charge is -2.44. The first-order chi connectivity index (χ1) is 18.0. The van der Waals surface area contributed by atoms with Crippen LogP contribution in [0.2, 0.25) is 0 Å². The summed E-state index contributed by atoms with van der Waals surface area (Å²) >= 11 is 0. The number of hydrogen-bond acceptors (Lipinski definition) is 3. The van der Waals surface area contributed by atoms with E-state index in [1.54, 1.807) is 35.2 Å². The topological polar surface area (TPSA) is 50.8 Å². The van der Waals surface area contributed by atoms with Crippen LogP contribution < -0.4 is 10.1 Å². The summed E-state index contributed by atoms with van der Waals surface area (Å²) in [6, 6.07) is 12.2. The molecule has 2 aliphatic rings. The van der Waals surface area contributed by atoms with E-state index in [2.05, 4.69) is 26.1 Å². The standard InChI is InChI=1S/C30H39F3N2O3/c1-5-29(16-20(2)10-11-21(3)17-29)34-28(36)35-18-24(19-35)38-27(22-12-14-23(37-4)15-13-22)25-8-6-7-9-26(25)30(31,32)33/h6-9,12-15,20-21,24,27H,5,10-11,16-19H2,1-4H3,(H,34,36). The molecule has 208 valence electrons. The number of likely N-dealkylation sites (tertiary alicyclic amines) is 1. The molecule has 3 atom stereocenters. The van der Waals surface area contributed by atoms with Crippen LogP contribution >= 0.6 is 0 Å². The van der Waals surface area contributed by atoms with E-state index in [1.807, 2.05) is 0 Å². The molecule has 2 aromatic rings. The number of methoxy groups -OCH3 is 1. The van der Waals surface area contributed by atoms with E-state index in [0.717, 1.165) is 25.3 Å². The van der Waals surface area contributed by atoms with Crippen LogP contribution in [0.15, 0.2) is 48.5 Å². The molecule has 4 rings (SSSR count). The summed E-state index contributed by atoms with van der Waals surface area (Å²) < 4.78 is 53.1. The SMILES string of the molecule is CCC1(NC(=O)N2CC(OC(c3ccc(OC)cc3)c3ccccc3C(F)(F)F)C2)CC(C)CCC(C)C1. The molecule has 1 N–H and O–H groups in total. The molecule has 1 saturated carbocycles. The zero-order valence-corrected chi connectivity index (χ0v) is 22.7. The average Bonchev–Trinajstić information content (AvgIpc) is 3.00. The van der Waals surface area contributed by atoms with E-state index in [4.69, 9.17) is 9.47 Å². The van der Waals surface area contributed by atoms with Crippen LogP contribution in [0.1, 0.15) is 75.7 Å². The highest BCUT2D eigenvalue weighted by Gasteiger charge is 2.41. The highest BCUT2D eigenvalue weighted by atomic mass is 19.4. The van der Waals surface area contributed by atoms with Gasteiger partial charge in [0.2, 0.25) is 0 Å². The lowest BCUT2D eigenvalue weighted by Crippen LogP contribution is -2.62. The van der Waals surface area contributed by atoms with Gasteiger partial charge in [-0.1, -0.05) is 63.9 Å². The van der Waals surface area contributed by atoms with Gasteiger partial charge in [0.25, 0.3) is 0 Å². The fourth-order valence-corrected chi connectivity index (χ4v) is 5.95. The van der Waals surface area contributed by atoms with Gasteiger partial charge in [0.1, 0.15) is 11.9 Å². The van der Waals surface area contributed by atoms with Crippen molar-refractivity contribution in [2.45, 2.75) is 76.8 Å². The van der Waals surface area contributed by atoms with Crippen molar-refractivity contribution in [1.29, 1.82) is 0 Å². The van der Waals surface area contributed by atoms with Crippen molar-refractivity contribution in [1.82, 2.24) is 10.2 Å². The van der Waals surface area contributed by atoms with Crippen LogP contribution in [0.5, 0.6) is 5.75 Å². The van der Waals surface area contributed by atoms with E-state index >= 15 is 0 Å². The molecular weight excluding hydrogens is 493 g/mol. The Kier molecular flexibility index (Phi) is 8.60. The Hall–Kier alpha value is -2.74. The molecule has 38 heavy (non-hydrogen) atoms. The normalized spacial score (nSPS) is 25.3. The Morgan fingerprint density at radius 1 is 1.05 bits per heavy atom. The zero-order chi connectivity index (χ0) is 27.5. The highest BCUT2D eigenvalue weighted by molar-refractivity contribution is 5.76. The smallest absolute Gasteiger partial charge is 0.416 e. The first-order valence-electron chi connectivity index (χ1n) is 13.6. The van der Waals surface area contributed by atoms with Crippen LogP contribution in [-0.2, 0) is 10.9 Å². The number of ether oxygens (including phenoxy) is 2. The number of nitrogens with one attached hydrogen (secondary N) is 1. The lowest BCUT2D eigenvalue weighted by atomic mass is 9.82. The molecule has 8 heteroatoms. The van der Waals surface area contributed by atoms with Crippen LogP contribution in [0, 0.1) is 11.8 Å². The van der Waals surface area contributed by atoms with E-state index < -0.39 is 17.8 Å². The van der Waals surface area contributed by atoms with E-state index in [-0.39, 0.29) is 23.2 Å². The Balaban J connectivity index is 1.48. The predicted molar refractivity (Wildman–Crippen MR) is 141 cm³/mol. The van der Waals surface area contributed by atoms with Gasteiger partial charge in [-0.15, -0.1) is 0 Å². The number of urea groups is 1. The Morgan fingerprint density at radius 2 is 1.66 bits per heavy atom. The molecule has 0 aromatic heterocycles. The van der Waals surface area contributed by atoms with Gasteiger partial charge in [0.05, 0.1) is 31.9 Å². The van der Waals surface area contributed by atoms with Gasteiger partial charge >= 0.3 is 12.2 Å². The van der Waals surface area contributed by atoms with Crippen LogP contribution in [0.25, 0.3) is 0 Å². The van der Waals surface area contributed by atoms with Crippen molar-refractivity contribution in [3.8, 4) is 5.75 Å². The molecule has 0 bridgehead atoms. The summed E-state index contributed by atoms with van der Waals surface area (Å²) in [6.07, 6.45) is -0.692. The number of amides is 2. The molecule has 0 spiro atoms. The van der Waals surface area contributed by atoms with Crippen molar-refractivity contribution >= 4 is 6.03 Å². The van der Waals surface area contributed by atoms with Gasteiger partial charge in [-0.05, 0) is 60.4 Å². The third-order valence-corrected chi connectivity index (χ3v) is 8.11. The minimum absolute atomic E-state index is 0.0550. The largest absolute Gasteiger partial charge is 0.497 e. The van der Waals surface area contributed by atoms with Crippen molar-refractivity contribution in [3.05, 3.63) is 65.2 Å². The number of benzene rings is 2. The van der Waals surface area contributed by atoms with Crippen molar-refractivity contribution in [2.24, 2.45) is 11.8 Å². The summed E-state index contributed by atoms with van der Waals surface area (Å²) in [4.78, 5) is 14.9. The minimum atomic E-state index is -4.52. The monoisotopic (exact) mass is 532 g/mol. The van der Waals surface area contributed by atoms with Crippen LogP contribution in [-0.4, -0.2) is 42.8 Å². The molecule has 0 radical (unpaired) electrons. The molecular formula is C30H39F3N2O3. The van der Waals surface area contributed by atoms with Gasteiger partial charge in [-0.3, -0.25) is 0 Å². The summed E-state index contributed by atoms with van der Waals surface area (Å²) in [5.41, 5.74) is -0.303. The number of carbonyl (C=O) groups is 1. The van der Waals surface area contributed by atoms with Gasteiger partial charge in [0.15, 0.2) is 0 Å². The molecule has 1 heterocycles. The molecule has 2 fully saturated rings. The fraction of sp³-hybridized carbons (Fsp3) is 0.567. The second-order valence-corrected chi connectivity index (χ2v) is 11.2. The van der Waals surface area contributed by atoms with Crippen molar-refractivity contribution in [3.63, 3.8) is 0 Å². The lowest BCUT2D eigenvalue weighted by molar-refractivity contribution is -0.140. The van der Waals surface area contributed by atoms with Crippen molar-refractivity contribution < 1.29 is 27.4 Å².